The SMILES string of the molecule is CCOc1ccc(OCCOc2cccc(O)c2)cc1. The molecule has 0 fully saturated rings. The average molecular weight is 274 g/mol. The van der Waals surface area contributed by atoms with Gasteiger partial charge in [-0.2, -0.15) is 0 Å². The maximum Gasteiger partial charge on any atom is 0.123 e. The molecule has 2 aromatic carbocycles. The summed E-state index contributed by atoms with van der Waals surface area (Å²) >= 11 is 0. The first-order valence-corrected chi connectivity index (χ1v) is 6.55. The molecule has 0 radical (unpaired) electrons. The first-order chi connectivity index (χ1) is 9.78. The van der Waals surface area contributed by atoms with Crippen LogP contribution >= 0.6 is 0 Å². The lowest BCUT2D eigenvalue weighted by Crippen LogP contribution is -2.08. The molecule has 4 nitrogen and oxygen atoms in total. The second-order valence-electron chi connectivity index (χ2n) is 4.10. The van der Waals surface area contributed by atoms with Gasteiger partial charge < -0.3 is 19.3 Å². The van der Waals surface area contributed by atoms with Crippen molar-refractivity contribution in [2.24, 2.45) is 0 Å². The van der Waals surface area contributed by atoms with Crippen molar-refractivity contribution < 1.29 is 19.3 Å². The predicted octanol–water partition coefficient (Wildman–Crippen LogP) is 3.25. The van der Waals surface area contributed by atoms with Gasteiger partial charge in [0, 0.05) is 6.07 Å². The maximum absolute atomic E-state index is 9.29. The molecule has 0 aliphatic carbocycles. The van der Waals surface area contributed by atoms with Crippen molar-refractivity contribution in [1.82, 2.24) is 0 Å². The molecule has 0 heterocycles. The van der Waals surface area contributed by atoms with Gasteiger partial charge in [-0.25, -0.2) is 0 Å². The highest BCUT2D eigenvalue weighted by molar-refractivity contribution is 5.32. The Kier molecular flexibility index (Phi) is 5.12. The molecule has 0 aromatic heterocycles. The summed E-state index contributed by atoms with van der Waals surface area (Å²) < 4.78 is 16.4. The van der Waals surface area contributed by atoms with Crippen molar-refractivity contribution >= 4 is 0 Å². The highest BCUT2D eigenvalue weighted by Crippen LogP contribution is 2.19. The summed E-state index contributed by atoms with van der Waals surface area (Å²) in [5, 5.41) is 9.29. The van der Waals surface area contributed by atoms with E-state index in [1.54, 1.807) is 24.3 Å². The molecular weight excluding hydrogens is 256 g/mol. The molecule has 0 bridgehead atoms. The number of hydrogen-bond acceptors (Lipinski definition) is 4. The Bertz CT molecular complexity index is 522. The lowest BCUT2D eigenvalue weighted by molar-refractivity contribution is 0.216. The van der Waals surface area contributed by atoms with Crippen molar-refractivity contribution in [2.75, 3.05) is 19.8 Å². The van der Waals surface area contributed by atoms with Gasteiger partial charge in [0.05, 0.1) is 6.61 Å². The Balaban J connectivity index is 1.73. The van der Waals surface area contributed by atoms with Gasteiger partial charge in [-0.05, 0) is 43.3 Å². The van der Waals surface area contributed by atoms with Crippen LogP contribution in [0.3, 0.4) is 0 Å². The quantitative estimate of drug-likeness (QED) is 0.787. The fourth-order valence-electron chi connectivity index (χ4n) is 1.69. The van der Waals surface area contributed by atoms with Gasteiger partial charge in [0.1, 0.15) is 36.2 Å². The minimum Gasteiger partial charge on any atom is -0.508 e. The van der Waals surface area contributed by atoms with E-state index >= 15 is 0 Å². The van der Waals surface area contributed by atoms with Crippen LogP contribution in [-0.2, 0) is 0 Å². The van der Waals surface area contributed by atoms with E-state index in [4.69, 9.17) is 14.2 Å². The highest BCUT2D eigenvalue weighted by Gasteiger charge is 1.98. The van der Waals surface area contributed by atoms with Gasteiger partial charge in [0.25, 0.3) is 0 Å². The standard InChI is InChI=1S/C16H18O4/c1-2-18-14-6-8-15(9-7-14)19-10-11-20-16-5-3-4-13(17)12-16/h3-9,12,17H,2,10-11H2,1H3. The van der Waals surface area contributed by atoms with Crippen molar-refractivity contribution in [3.05, 3.63) is 48.5 Å². The van der Waals surface area contributed by atoms with E-state index in [-0.39, 0.29) is 5.75 Å². The average Bonchev–Trinajstić information content (AvgIpc) is 2.46. The topological polar surface area (TPSA) is 47.9 Å². The predicted molar refractivity (Wildman–Crippen MR) is 76.7 cm³/mol. The Morgan fingerprint density at radius 3 is 2.00 bits per heavy atom. The zero-order valence-corrected chi connectivity index (χ0v) is 11.4. The third-order valence-electron chi connectivity index (χ3n) is 2.57. The summed E-state index contributed by atoms with van der Waals surface area (Å²) in [6, 6.07) is 14.2. The molecule has 0 saturated heterocycles. The molecular formula is C16H18O4. The normalized spacial score (nSPS) is 10.1. The zero-order chi connectivity index (χ0) is 14.2. The van der Waals surface area contributed by atoms with Gasteiger partial charge in [-0.3, -0.25) is 0 Å². The minimum atomic E-state index is 0.190. The Labute approximate surface area is 118 Å². The molecule has 106 valence electrons. The second kappa shape index (κ2) is 7.28. The number of aromatic hydroxyl groups is 1. The summed E-state index contributed by atoms with van der Waals surface area (Å²) in [5.41, 5.74) is 0. The largest absolute Gasteiger partial charge is 0.508 e. The molecule has 0 unspecified atom stereocenters. The summed E-state index contributed by atoms with van der Waals surface area (Å²) in [6.45, 7) is 3.45. The van der Waals surface area contributed by atoms with Crippen LogP contribution < -0.4 is 14.2 Å². The van der Waals surface area contributed by atoms with Crippen molar-refractivity contribution in [3.63, 3.8) is 0 Å². The molecule has 0 saturated carbocycles. The van der Waals surface area contributed by atoms with Crippen molar-refractivity contribution in [3.8, 4) is 23.0 Å². The molecule has 2 rings (SSSR count). The Morgan fingerprint density at radius 1 is 0.800 bits per heavy atom. The van der Waals surface area contributed by atoms with Crippen LogP contribution in [0.2, 0.25) is 0 Å². The van der Waals surface area contributed by atoms with Crippen LogP contribution in [0.4, 0.5) is 0 Å². The summed E-state index contributed by atoms with van der Waals surface area (Å²) in [4.78, 5) is 0. The zero-order valence-electron chi connectivity index (χ0n) is 11.4. The molecule has 1 N–H and O–H groups in total. The number of benzene rings is 2. The Morgan fingerprint density at radius 2 is 1.40 bits per heavy atom. The lowest BCUT2D eigenvalue weighted by atomic mass is 10.3. The molecule has 0 amide bonds. The number of hydrogen-bond donors (Lipinski definition) is 1. The van der Waals surface area contributed by atoms with Crippen LogP contribution in [0, 0.1) is 0 Å². The van der Waals surface area contributed by atoms with Crippen molar-refractivity contribution in [2.45, 2.75) is 6.92 Å². The third-order valence-corrected chi connectivity index (χ3v) is 2.57. The van der Waals surface area contributed by atoms with E-state index in [0.29, 0.717) is 25.6 Å². The monoisotopic (exact) mass is 274 g/mol. The van der Waals surface area contributed by atoms with Gasteiger partial charge in [-0.15, -0.1) is 0 Å². The number of phenolic OH excluding ortho intramolecular Hbond substituents is 1. The Hall–Kier alpha value is -2.36. The van der Waals surface area contributed by atoms with Crippen LogP contribution in [-0.4, -0.2) is 24.9 Å². The summed E-state index contributed by atoms with van der Waals surface area (Å²) in [5.74, 6) is 2.42. The number of phenols is 1. The van der Waals surface area contributed by atoms with E-state index in [1.807, 2.05) is 31.2 Å². The smallest absolute Gasteiger partial charge is 0.123 e. The van der Waals surface area contributed by atoms with Gasteiger partial charge >= 0.3 is 0 Å². The van der Waals surface area contributed by atoms with Crippen LogP contribution in [0.25, 0.3) is 0 Å². The van der Waals surface area contributed by atoms with E-state index in [0.717, 1.165) is 11.5 Å². The molecule has 0 aliphatic rings. The molecule has 4 heteroatoms. The highest BCUT2D eigenvalue weighted by atomic mass is 16.5. The minimum absolute atomic E-state index is 0.190. The van der Waals surface area contributed by atoms with Crippen LogP contribution in [0.1, 0.15) is 6.92 Å². The molecule has 0 spiro atoms. The summed E-state index contributed by atoms with van der Waals surface area (Å²) in [6.07, 6.45) is 0. The van der Waals surface area contributed by atoms with Crippen LogP contribution in [0.5, 0.6) is 23.0 Å². The maximum atomic E-state index is 9.29. The molecule has 0 atom stereocenters. The number of ether oxygens (including phenoxy) is 3. The van der Waals surface area contributed by atoms with Gasteiger partial charge in [0.15, 0.2) is 0 Å². The van der Waals surface area contributed by atoms with E-state index < -0.39 is 0 Å². The van der Waals surface area contributed by atoms with Crippen molar-refractivity contribution in [1.29, 1.82) is 0 Å². The van der Waals surface area contributed by atoms with E-state index in [1.165, 1.54) is 0 Å². The fourth-order valence-corrected chi connectivity index (χ4v) is 1.69. The van der Waals surface area contributed by atoms with Gasteiger partial charge in [0.2, 0.25) is 0 Å². The third kappa shape index (κ3) is 4.39. The molecule has 20 heavy (non-hydrogen) atoms. The number of rotatable bonds is 7. The fraction of sp³-hybridized carbons (Fsp3) is 0.250. The first kappa shape index (κ1) is 14.1. The second-order valence-corrected chi connectivity index (χ2v) is 4.10. The van der Waals surface area contributed by atoms with Crippen LogP contribution in [0.15, 0.2) is 48.5 Å². The first-order valence-electron chi connectivity index (χ1n) is 6.55. The lowest BCUT2D eigenvalue weighted by Gasteiger charge is -2.09. The molecule has 0 aliphatic heterocycles. The summed E-state index contributed by atoms with van der Waals surface area (Å²) in [7, 11) is 0. The van der Waals surface area contributed by atoms with E-state index in [9.17, 15) is 5.11 Å². The van der Waals surface area contributed by atoms with Gasteiger partial charge in [-0.1, -0.05) is 6.07 Å². The molecule has 2 aromatic rings. The van der Waals surface area contributed by atoms with E-state index in [2.05, 4.69) is 0 Å².